The molecule has 0 unspecified atom stereocenters. The minimum atomic E-state index is -1.68. The molecule has 0 N–H and O–H groups in total. The third-order valence-electron chi connectivity index (χ3n) is 4.48. The number of nitrogens with zero attached hydrogens (tertiary/aromatic N) is 1. The van der Waals surface area contributed by atoms with Gasteiger partial charge in [0.1, 0.15) is 8.07 Å². The molecule has 0 amide bonds. The Labute approximate surface area is 131 Å². The highest BCUT2D eigenvalue weighted by Crippen LogP contribution is 2.40. The molecule has 0 atom stereocenters. The van der Waals surface area contributed by atoms with Gasteiger partial charge in [0, 0.05) is 12.1 Å². The lowest BCUT2D eigenvalue weighted by Gasteiger charge is -2.37. The van der Waals surface area contributed by atoms with Gasteiger partial charge in [-0.2, -0.15) is 4.57 Å². The molecule has 0 saturated heterocycles. The minimum absolute atomic E-state index is 0.574. The van der Waals surface area contributed by atoms with Crippen LogP contribution in [-0.4, -0.2) is 8.07 Å². The van der Waals surface area contributed by atoms with Gasteiger partial charge >= 0.3 is 0 Å². The summed E-state index contributed by atoms with van der Waals surface area (Å²) in [5, 5.41) is 0. The summed E-state index contributed by atoms with van der Waals surface area (Å²) in [6.45, 7) is 14.6. The first kappa shape index (κ1) is 17.5. The van der Waals surface area contributed by atoms with Crippen LogP contribution in [0.15, 0.2) is 24.4 Å². The van der Waals surface area contributed by atoms with Crippen molar-refractivity contribution in [3.05, 3.63) is 30.1 Å². The molecule has 0 aliphatic rings. The molecule has 1 aromatic heterocycles. The molecule has 21 heavy (non-hydrogen) atoms. The third kappa shape index (κ3) is 3.77. The number of pyridine rings is 1. The second-order valence-corrected chi connectivity index (χ2v) is 12.1. The highest BCUT2D eigenvalue weighted by atomic mass is 28.3. The van der Waals surface area contributed by atoms with Crippen molar-refractivity contribution in [2.24, 2.45) is 0 Å². The van der Waals surface area contributed by atoms with Crippen LogP contribution in [0.25, 0.3) is 0 Å². The van der Waals surface area contributed by atoms with E-state index in [4.69, 9.17) is 6.42 Å². The molecule has 1 aromatic rings. The molecule has 1 heterocycles. The second kappa shape index (κ2) is 7.48. The summed E-state index contributed by atoms with van der Waals surface area (Å²) in [6, 6.07) is 6.09. The zero-order valence-corrected chi connectivity index (χ0v) is 15.3. The summed E-state index contributed by atoms with van der Waals surface area (Å²) in [7, 11) is -1.68. The van der Waals surface area contributed by atoms with Crippen molar-refractivity contribution in [2.75, 3.05) is 0 Å². The van der Waals surface area contributed by atoms with E-state index in [1.807, 2.05) is 22.9 Å². The van der Waals surface area contributed by atoms with Crippen LogP contribution in [0, 0.1) is 23.8 Å². The first-order valence-corrected chi connectivity index (χ1v) is 10.0. The van der Waals surface area contributed by atoms with Crippen molar-refractivity contribution in [2.45, 2.75) is 64.7 Å². The normalized spacial score (nSPS) is 11.4. The van der Waals surface area contributed by atoms with Crippen molar-refractivity contribution in [1.29, 1.82) is 0 Å². The van der Waals surface area contributed by atoms with Gasteiger partial charge in [0.05, 0.1) is 0 Å². The predicted octanol–water partition coefficient (Wildman–Crippen LogP) is 4.18. The van der Waals surface area contributed by atoms with E-state index in [-0.39, 0.29) is 0 Å². The zero-order chi connectivity index (χ0) is 16.0. The molecular weight excluding hydrogens is 270 g/mol. The smallest absolute Gasteiger partial charge is 0.180 e. The van der Waals surface area contributed by atoms with Gasteiger partial charge in [-0.05, 0) is 34.5 Å². The molecule has 0 radical (unpaired) electrons. The number of hydrogen-bond acceptors (Lipinski definition) is 0. The summed E-state index contributed by atoms with van der Waals surface area (Å²) >= 11 is 0. The average Bonchev–Trinajstić information content (AvgIpc) is 2.40. The third-order valence-corrected chi connectivity index (χ3v) is 10.8. The highest BCUT2D eigenvalue weighted by molar-refractivity contribution is 6.90. The van der Waals surface area contributed by atoms with Crippen LogP contribution in [0.5, 0.6) is 0 Å². The first-order valence-electron chi connectivity index (χ1n) is 7.81. The maximum absolute atomic E-state index is 5.45. The topological polar surface area (TPSA) is 3.88 Å². The Balaban J connectivity index is 3.33. The molecule has 2 heteroatoms. The van der Waals surface area contributed by atoms with Gasteiger partial charge < -0.3 is 0 Å². The van der Waals surface area contributed by atoms with Crippen molar-refractivity contribution >= 4 is 8.07 Å². The van der Waals surface area contributed by atoms with E-state index in [9.17, 15) is 0 Å². The summed E-state index contributed by atoms with van der Waals surface area (Å²) in [4.78, 5) is 0. The molecule has 112 valence electrons. The number of terminal acetylenes is 1. The van der Waals surface area contributed by atoms with E-state index in [0.717, 1.165) is 5.69 Å². The van der Waals surface area contributed by atoms with Crippen LogP contribution in [-0.2, 0) is 6.54 Å². The predicted molar refractivity (Wildman–Crippen MR) is 93.4 cm³/mol. The van der Waals surface area contributed by atoms with Crippen molar-refractivity contribution in [3.8, 4) is 23.8 Å². The van der Waals surface area contributed by atoms with Crippen molar-refractivity contribution in [3.63, 3.8) is 0 Å². The first-order chi connectivity index (χ1) is 9.86. The standard InChI is InChI=1S/C19H28NSi/c1-8-13-20-14-10-9-11-19(20)12-15-21(16(2)3,17(4)5)18(6)7/h1,9-11,14,16-18H,13H2,2-7H3/q+1. The van der Waals surface area contributed by atoms with Gasteiger partial charge in [-0.15, -0.1) is 12.0 Å². The molecule has 0 fully saturated rings. The molecule has 0 spiro atoms. The molecule has 0 aliphatic carbocycles. The summed E-state index contributed by atoms with van der Waals surface area (Å²) < 4.78 is 2.05. The van der Waals surface area contributed by atoms with Gasteiger partial charge in [0.25, 0.3) is 5.69 Å². The van der Waals surface area contributed by atoms with Crippen LogP contribution in [0.3, 0.4) is 0 Å². The van der Waals surface area contributed by atoms with Crippen LogP contribution < -0.4 is 4.57 Å². The molecular formula is C19H28NSi+. The fourth-order valence-electron chi connectivity index (χ4n) is 3.43. The Morgan fingerprint density at radius 1 is 1.05 bits per heavy atom. The van der Waals surface area contributed by atoms with Crippen LogP contribution >= 0.6 is 0 Å². The maximum atomic E-state index is 5.45. The van der Waals surface area contributed by atoms with Crippen LogP contribution in [0.4, 0.5) is 0 Å². The van der Waals surface area contributed by atoms with E-state index in [0.29, 0.717) is 23.2 Å². The van der Waals surface area contributed by atoms with Crippen LogP contribution in [0.2, 0.25) is 16.6 Å². The zero-order valence-electron chi connectivity index (χ0n) is 14.3. The van der Waals surface area contributed by atoms with Crippen molar-refractivity contribution < 1.29 is 4.57 Å². The summed E-state index contributed by atoms with van der Waals surface area (Å²) in [6.07, 6.45) is 7.45. The summed E-state index contributed by atoms with van der Waals surface area (Å²) in [5.41, 5.74) is 6.71. The lowest BCUT2D eigenvalue weighted by Crippen LogP contribution is -2.43. The monoisotopic (exact) mass is 298 g/mol. The van der Waals surface area contributed by atoms with E-state index in [1.54, 1.807) is 0 Å². The Bertz CT molecular complexity index is 545. The average molecular weight is 299 g/mol. The van der Waals surface area contributed by atoms with Gasteiger partial charge in [-0.3, -0.25) is 0 Å². The van der Waals surface area contributed by atoms with E-state index < -0.39 is 8.07 Å². The summed E-state index contributed by atoms with van der Waals surface area (Å²) in [5.74, 6) is 6.16. The number of rotatable bonds is 4. The van der Waals surface area contributed by atoms with E-state index in [1.165, 1.54) is 0 Å². The lowest BCUT2D eigenvalue weighted by atomic mass is 10.3. The van der Waals surface area contributed by atoms with Crippen molar-refractivity contribution in [1.82, 2.24) is 0 Å². The Kier molecular flexibility index (Phi) is 6.25. The molecule has 0 bridgehead atoms. The van der Waals surface area contributed by atoms with E-state index >= 15 is 0 Å². The van der Waals surface area contributed by atoms with Crippen LogP contribution in [0.1, 0.15) is 47.2 Å². The van der Waals surface area contributed by atoms with E-state index in [2.05, 4.69) is 65.0 Å². The SMILES string of the molecule is C#CC[n+]1ccccc1C#C[Si](C(C)C)(C(C)C)C(C)C. The number of hydrogen-bond donors (Lipinski definition) is 0. The van der Waals surface area contributed by atoms with Gasteiger partial charge in [0.15, 0.2) is 6.20 Å². The quantitative estimate of drug-likeness (QED) is 0.446. The maximum Gasteiger partial charge on any atom is 0.257 e. The molecule has 0 saturated carbocycles. The van der Waals surface area contributed by atoms with Gasteiger partial charge in [-0.1, -0.05) is 41.5 Å². The largest absolute Gasteiger partial charge is 0.257 e. The van der Waals surface area contributed by atoms with Gasteiger partial charge in [-0.25, -0.2) is 0 Å². The molecule has 1 rings (SSSR count). The molecule has 0 aliphatic heterocycles. The Morgan fingerprint density at radius 3 is 2.10 bits per heavy atom. The molecule has 1 nitrogen and oxygen atoms in total. The Morgan fingerprint density at radius 2 is 1.62 bits per heavy atom. The highest BCUT2D eigenvalue weighted by Gasteiger charge is 2.41. The Hall–Kier alpha value is -1.51. The second-order valence-electron chi connectivity index (χ2n) is 6.57. The lowest BCUT2D eigenvalue weighted by molar-refractivity contribution is -0.687. The minimum Gasteiger partial charge on any atom is -0.180 e. The van der Waals surface area contributed by atoms with Gasteiger partial charge in [0.2, 0.25) is 6.54 Å². The molecule has 0 aromatic carbocycles. The fourth-order valence-corrected chi connectivity index (χ4v) is 8.64. The fraction of sp³-hybridized carbons (Fsp3) is 0.526. The number of aromatic nitrogens is 1.